The van der Waals surface area contributed by atoms with Crippen LogP contribution in [0.15, 0.2) is 60.7 Å². The lowest BCUT2D eigenvalue weighted by molar-refractivity contribution is 0.132. The Morgan fingerprint density at radius 1 is 0.857 bits per heavy atom. The van der Waals surface area contributed by atoms with Gasteiger partial charge in [-0.2, -0.15) is 0 Å². The van der Waals surface area contributed by atoms with E-state index in [1.807, 2.05) is 0 Å². The molecule has 112 valence electrons. The summed E-state index contributed by atoms with van der Waals surface area (Å²) in [6.45, 7) is 4.66. The lowest BCUT2D eigenvalue weighted by Crippen LogP contribution is -2.26. The number of unbranched alkanes of at least 4 members (excludes halogenated alkanes) is 1. The minimum Gasteiger partial charge on any atom is -0.380 e. The van der Waals surface area contributed by atoms with E-state index in [-0.39, 0.29) is 6.04 Å². The summed E-state index contributed by atoms with van der Waals surface area (Å²) in [4.78, 5) is 0. The summed E-state index contributed by atoms with van der Waals surface area (Å²) in [5.41, 5.74) is 2.58. The van der Waals surface area contributed by atoms with Crippen LogP contribution in [-0.2, 0) is 4.74 Å². The van der Waals surface area contributed by atoms with Crippen LogP contribution in [0.5, 0.6) is 0 Å². The van der Waals surface area contributed by atoms with Gasteiger partial charge in [-0.15, -0.1) is 0 Å². The zero-order valence-corrected chi connectivity index (χ0v) is 12.8. The molecule has 0 amide bonds. The number of rotatable bonds is 9. The fourth-order valence-corrected chi connectivity index (χ4v) is 2.34. The Morgan fingerprint density at radius 3 is 1.95 bits per heavy atom. The molecular formula is C19H25NO. The van der Waals surface area contributed by atoms with Crippen LogP contribution in [0.25, 0.3) is 0 Å². The molecule has 2 aromatic rings. The van der Waals surface area contributed by atoms with E-state index in [4.69, 9.17) is 4.74 Å². The van der Waals surface area contributed by atoms with Crippen molar-refractivity contribution >= 4 is 0 Å². The molecule has 2 rings (SSSR count). The second kappa shape index (κ2) is 9.32. The van der Waals surface area contributed by atoms with Crippen LogP contribution in [0.4, 0.5) is 0 Å². The predicted molar refractivity (Wildman–Crippen MR) is 88.5 cm³/mol. The molecule has 0 bridgehead atoms. The number of nitrogens with one attached hydrogen (secondary N) is 1. The Hall–Kier alpha value is -1.64. The maximum atomic E-state index is 5.63. The molecule has 0 saturated carbocycles. The summed E-state index contributed by atoms with van der Waals surface area (Å²) in [7, 11) is 0. The highest BCUT2D eigenvalue weighted by atomic mass is 16.5. The van der Waals surface area contributed by atoms with Crippen molar-refractivity contribution in [2.75, 3.05) is 19.8 Å². The van der Waals surface area contributed by atoms with Crippen molar-refractivity contribution in [2.45, 2.75) is 25.8 Å². The van der Waals surface area contributed by atoms with Crippen LogP contribution in [0.1, 0.15) is 36.9 Å². The third-order valence-corrected chi connectivity index (χ3v) is 3.50. The lowest BCUT2D eigenvalue weighted by atomic mass is 9.99. The van der Waals surface area contributed by atoms with E-state index in [0.29, 0.717) is 0 Å². The third-order valence-electron chi connectivity index (χ3n) is 3.50. The average molecular weight is 283 g/mol. The van der Waals surface area contributed by atoms with Crippen LogP contribution in [0.2, 0.25) is 0 Å². The van der Waals surface area contributed by atoms with Gasteiger partial charge in [0, 0.05) is 13.2 Å². The first-order valence-corrected chi connectivity index (χ1v) is 7.83. The van der Waals surface area contributed by atoms with Crippen LogP contribution in [0.3, 0.4) is 0 Å². The maximum absolute atomic E-state index is 5.63. The molecule has 0 aromatic heterocycles. The summed E-state index contributed by atoms with van der Waals surface area (Å²) in [6.07, 6.45) is 2.32. The van der Waals surface area contributed by atoms with Gasteiger partial charge in [0.15, 0.2) is 0 Å². The second-order valence-corrected chi connectivity index (χ2v) is 5.17. The Bertz CT molecular complexity index is 444. The molecule has 0 saturated heterocycles. The Kier molecular flexibility index (Phi) is 6.99. The Balaban J connectivity index is 1.94. The summed E-state index contributed by atoms with van der Waals surface area (Å²) in [5, 5.41) is 3.60. The van der Waals surface area contributed by atoms with Gasteiger partial charge in [0.1, 0.15) is 0 Å². The highest BCUT2D eigenvalue weighted by molar-refractivity contribution is 5.31. The highest BCUT2D eigenvalue weighted by Gasteiger charge is 2.12. The van der Waals surface area contributed by atoms with Crippen molar-refractivity contribution < 1.29 is 4.74 Å². The SMILES string of the molecule is CCCCOCCNC(c1ccccc1)c1ccccc1. The molecule has 0 fully saturated rings. The highest BCUT2D eigenvalue weighted by Crippen LogP contribution is 2.21. The summed E-state index contributed by atoms with van der Waals surface area (Å²) >= 11 is 0. The van der Waals surface area contributed by atoms with Crippen LogP contribution in [0, 0.1) is 0 Å². The van der Waals surface area contributed by atoms with E-state index in [9.17, 15) is 0 Å². The van der Waals surface area contributed by atoms with Crippen LogP contribution in [-0.4, -0.2) is 19.8 Å². The minimum atomic E-state index is 0.224. The zero-order valence-electron chi connectivity index (χ0n) is 12.8. The van der Waals surface area contributed by atoms with Crippen LogP contribution >= 0.6 is 0 Å². The van der Waals surface area contributed by atoms with Gasteiger partial charge in [-0.1, -0.05) is 74.0 Å². The van der Waals surface area contributed by atoms with Gasteiger partial charge < -0.3 is 10.1 Å². The second-order valence-electron chi connectivity index (χ2n) is 5.17. The molecule has 0 unspecified atom stereocenters. The molecule has 21 heavy (non-hydrogen) atoms. The van der Waals surface area contributed by atoms with Gasteiger partial charge in [-0.3, -0.25) is 0 Å². The fourth-order valence-electron chi connectivity index (χ4n) is 2.34. The van der Waals surface area contributed by atoms with Crippen molar-refractivity contribution in [1.29, 1.82) is 0 Å². The molecule has 2 heteroatoms. The van der Waals surface area contributed by atoms with E-state index in [1.54, 1.807) is 0 Å². The van der Waals surface area contributed by atoms with Gasteiger partial charge in [-0.05, 0) is 17.5 Å². The van der Waals surface area contributed by atoms with Gasteiger partial charge in [-0.25, -0.2) is 0 Å². The molecule has 0 atom stereocenters. The largest absolute Gasteiger partial charge is 0.380 e. The standard InChI is InChI=1S/C19H25NO/c1-2-3-15-21-16-14-20-19(17-10-6-4-7-11-17)18-12-8-5-9-13-18/h4-13,19-20H,2-3,14-16H2,1H3. The minimum absolute atomic E-state index is 0.224. The van der Waals surface area contributed by atoms with Gasteiger partial charge in [0.25, 0.3) is 0 Å². The lowest BCUT2D eigenvalue weighted by Gasteiger charge is -2.20. The zero-order chi connectivity index (χ0) is 14.8. The topological polar surface area (TPSA) is 21.3 Å². The first-order chi connectivity index (χ1) is 10.4. The van der Waals surface area contributed by atoms with Crippen molar-refractivity contribution in [3.05, 3.63) is 71.8 Å². The molecule has 1 N–H and O–H groups in total. The number of benzene rings is 2. The molecular weight excluding hydrogens is 258 g/mol. The maximum Gasteiger partial charge on any atom is 0.0591 e. The normalized spacial score (nSPS) is 11.0. The van der Waals surface area contributed by atoms with Crippen molar-refractivity contribution in [2.24, 2.45) is 0 Å². The summed E-state index contributed by atoms with van der Waals surface area (Å²) < 4.78 is 5.63. The van der Waals surface area contributed by atoms with Gasteiger partial charge >= 0.3 is 0 Å². The van der Waals surface area contributed by atoms with Crippen molar-refractivity contribution in [1.82, 2.24) is 5.32 Å². The fraction of sp³-hybridized carbons (Fsp3) is 0.368. The molecule has 0 radical (unpaired) electrons. The van der Waals surface area contributed by atoms with Gasteiger partial charge in [0.2, 0.25) is 0 Å². The molecule has 2 nitrogen and oxygen atoms in total. The molecule has 0 aliphatic heterocycles. The summed E-state index contributed by atoms with van der Waals surface area (Å²) in [6, 6.07) is 21.4. The van der Waals surface area contributed by atoms with E-state index >= 15 is 0 Å². The molecule has 0 aliphatic carbocycles. The quantitative estimate of drug-likeness (QED) is 0.697. The molecule has 0 spiro atoms. The molecule has 0 aliphatic rings. The van der Waals surface area contributed by atoms with E-state index < -0.39 is 0 Å². The Morgan fingerprint density at radius 2 is 1.43 bits per heavy atom. The molecule has 0 heterocycles. The average Bonchev–Trinajstić information content (AvgIpc) is 2.56. The monoisotopic (exact) mass is 283 g/mol. The third kappa shape index (κ3) is 5.33. The van der Waals surface area contributed by atoms with Crippen molar-refractivity contribution in [3.8, 4) is 0 Å². The smallest absolute Gasteiger partial charge is 0.0591 e. The van der Waals surface area contributed by atoms with E-state index in [2.05, 4.69) is 72.9 Å². The van der Waals surface area contributed by atoms with Gasteiger partial charge in [0.05, 0.1) is 12.6 Å². The predicted octanol–water partition coefficient (Wildman–Crippen LogP) is 4.18. The van der Waals surface area contributed by atoms with Crippen LogP contribution < -0.4 is 5.32 Å². The molecule has 2 aromatic carbocycles. The van der Waals surface area contributed by atoms with E-state index in [0.717, 1.165) is 26.2 Å². The number of hydrogen-bond acceptors (Lipinski definition) is 2. The first-order valence-electron chi connectivity index (χ1n) is 7.83. The van der Waals surface area contributed by atoms with Crippen molar-refractivity contribution in [3.63, 3.8) is 0 Å². The number of hydrogen-bond donors (Lipinski definition) is 1. The summed E-state index contributed by atoms with van der Waals surface area (Å²) in [5.74, 6) is 0. The first kappa shape index (κ1) is 15.7. The number of ether oxygens (including phenoxy) is 1. The van der Waals surface area contributed by atoms with E-state index in [1.165, 1.54) is 17.5 Å². The Labute approximate surface area is 128 Å².